The van der Waals surface area contributed by atoms with Crippen LogP contribution in [-0.4, -0.2) is 32.4 Å². The quantitative estimate of drug-likeness (QED) is 0.266. The van der Waals surface area contributed by atoms with Gasteiger partial charge in [-0.05, 0) is 68.3 Å². The van der Waals surface area contributed by atoms with E-state index in [1.165, 1.54) is 23.1 Å². The minimum atomic E-state index is -0.847. The molecular weight excluding hydrogens is 466 g/mol. The molecule has 1 heterocycles. The van der Waals surface area contributed by atoms with Crippen LogP contribution in [0.15, 0.2) is 78.4 Å². The first-order chi connectivity index (χ1) is 16.5. The zero-order chi connectivity index (χ0) is 25.3. The van der Waals surface area contributed by atoms with E-state index in [0.29, 0.717) is 21.9 Å². The maximum absolute atomic E-state index is 13.2. The average Bonchev–Trinajstić information content (AvgIpc) is 3.04. The summed E-state index contributed by atoms with van der Waals surface area (Å²) in [4.78, 5) is 27.7. The van der Waals surface area contributed by atoms with Crippen molar-refractivity contribution in [1.82, 2.24) is 4.90 Å². The van der Waals surface area contributed by atoms with Crippen LogP contribution in [0.4, 0.5) is 0 Å². The Morgan fingerprint density at radius 1 is 1.00 bits per heavy atom. The van der Waals surface area contributed by atoms with Crippen molar-refractivity contribution in [3.05, 3.63) is 100 Å². The van der Waals surface area contributed by atoms with Gasteiger partial charge in [-0.25, -0.2) is 0 Å². The van der Waals surface area contributed by atoms with Gasteiger partial charge in [0.15, 0.2) is 0 Å². The second kappa shape index (κ2) is 9.47. The summed E-state index contributed by atoms with van der Waals surface area (Å²) in [5.74, 6) is -1.07. The minimum absolute atomic E-state index is 0.0318. The summed E-state index contributed by atoms with van der Waals surface area (Å²) in [6, 6.07) is 19.2. The number of ketones is 1. The van der Waals surface area contributed by atoms with Crippen molar-refractivity contribution in [2.24, 2.45) is 0 Å². The third-order valence-electron chi connectivity index (χ3n) is 5.55. The number of benzene rings is 3. The largest absolute Gasteiger partial charge is 0.508 e. The van der Waals surface area contributed by atoms with Gasteiger partial charge in [0.05, 0.1) is 11.6 Å². The fraction of sp³-hybridized carbons (Fsp3) is 0.214. The van der Waals surface area contributed by atoms with Gasteiger partial charge in [-0.2, -0.15) is 0 Å². The lowest BCUT2D eigenvalue weighted by Crippen LogP contribution is -2.29. The molecule has 0 aromatic heterocycles. The molecule has 0 radical (unpaired) electrons. The van der Waals surface area contributed by atoms with E-state index in [9.17, 15) is 19.8 Å². The van der Waals surface area contributed by atoms with E-state index < -0.39 is 17.7 Å². The van der Waals surface area contributed by atoms with Crippen LogP contribution in [0, 0.1) is 0 Å². The van der Waals surface area contributed by atoms with Gasteiger partial charge in [-0.3, -0.25) is 9.59 Å². The monoisotopic (exact) mass is 491 g/mol. The molecule has 1 fully saturated rings. The summed E-state index contributed by atoms with van der Waals surface area (Å²) in [6.45, 7) is 6.01. The normalized spacial score (nSPS) is 17.6. The minimum Gasteiger partial charge on any atom is -0.508 e. The number of ether oxygens (including phenoxy) is 1. The number of aliphatic hydroxyl groups excluding tert-OH is 1. The first-order valence-electron chi connectivity index (χ1n) is 11.1. The number of phenols is 1. The summed E-state index contributed by atoms with van der Waals surface area (Å²) >= 11 is 6.09. The second-order valence-corrected chi connectivity index (χ2v) is 9.82. The lowest BCUT2D eigenvalue weighted by atomic mass is 9.95. The summed E-state index contributed by atoms with van der Waals surface area (Å²) in [5, 5.41) is 21.3. The van der Waals surface area contributed by atoms with Gasteiger partial charge in [0, 0.05) is 17.1 Å². The predicted molar refractivity (Wildman–Crippen MR) is 134 cm³/mol. The van der Waals surface area contributed by atoms with Crippen molar-refractivity contribution >= 4 is 29.1 Å². The molecule has 7 heteroatoms. The standard InChI is InChI=1S/C28H26ClNO5/c1-28(2,3)35-22-13-7-17(8-14-22)16-30-24(18-9-11-21(31)12-10-18)23(26(33)27(30)34)25(32)19-5-4-6-20(29)15-19/h4-15,24,31-32H,16H2,1-3H3/b25-23-. The highest BCUT2D eigenvalue weighted by Crippen LogP contribution is 2.41. The molecule has 6 nitrogen and oxygen atoms in total. The first kappa shape index (κ1) is 24.4. The highest BCUT2D eigenvalue weighted by molar-refractivity contribution is 6.46. The molecule has 1 atom stereocenters. The lowest BCUT2D eigenvalue weighted by molar-refractivity contribution is -0.140. The van der Waals surface area contributed by atoms with E-state index >= 15 is 0 Å². The third-order valence-corrected chi connectivity index (χ3v) is 5.78. The fourth-order valence-corrected chi connectivity index (χ4v) is 4.24. The van der Waals surface area contributed by atoms with E-state index in [4.69, 9.17) is 16.3 Å². The highest BCUT2D eigenvalue weighted by atomic mass is 35.5. The first-order valence-corrected chi connectivity index (χ1v) is 11.5. The Morgan fingerprint density at radius 3 is 2.26 bits per heavy atom. The zero-order valence-corrected chi connectivity index (χ0v) is 20.4. The molecule has 1 amide bonds. The molecule has 1 aliphatic rings. The van der Waals surface area contributed by atoms with Crippen LogP contribution in [0.2, 0.25) is 5.02 Å². The van der Waals surface area contributed by atoms with Crippen LogP contribution in [0.5, 0.6) is 11.5 Å². The van der Waals surface area contributed by atoms with Gasteiger partial charge < -0.3 is 19.8 Å². The summed E-state index contributed by atoms with van der Waals surface area (Å²) < 4.78 is 5.86. The number of amides is 1. The molecule has 0 spiro atoms. The number of aromatic hydroxyl groups is 1. The number of nitrogens with zero attached hydrogens (tertiary/aromatic N) is 1. The molecule has 1 unspecified atom stereocenters. The lowest BCUT2D eigenvalue weighted by Gasteiger charge is -2.26. The molecule has 0 bridgehead atoms. The Bertz CT molecular complexity index is 1290. The number of halogens is 1. The summed E-state index contributed by atoms with van der Waals surface area (Å²) in [7, 11) is 0. The Morgan fingerprint density at radius 2 is 1.66 bits per heavy atom. The number of rotatable bonds is 5. The van der Waals surface area contributed by atoms with Gasteiger partial charge in [-0.15, -0.1) is 0 Å². The smallest absolute Gasteiger partial charge is 0.295 e. The van der Waals surface area contributed by atoms with Gasteiger partial charge in [0.1, 0.15) is 22.9 Å². The Labute approximate surface area is 209 Å². The van der Waals surface area contributed by atoms with Gasteiger partial charge in [-0.1, -0.05) is 48.0 Å². The Hall–Kier alpha value is -3.77. The van der Waals surface area contributed by atoms with E-state index in [1.54, 1.807) is 30.3 Å². The maximum atomic E-state index is 13.2. The molecule has 3 aromatic carbocycles. The van der Waals surface area contributed by atoms with Crippen molar-refractivity contribution in [3.63, 3.8) is 0 Å². The van der Waals surface area contributed by atoms with E-state index in [-0.39, 0.29) is 29.2 Å². The molecule has 1 aliphatic heterocycles. The van der Waals surface area contributed by atoms with Crippen LogP contribution in [0.25, 0.3) is 5.76 Å². The zero-order valence-electron chi connectivity index (χ0n) is 19.7. The van der Waals surface area contributed by atoms with Crippen LogP contribution in [0.1, 0.15) is 43.5 Å². The van der Waals surface area contributed by atoms with Crippen molar-refractivity contribution in [1.29, 1.82) is 0 Å². The molecule has 35 heavy (non-hydrogen) atoms. The topological polar surface area (TPSA) is 87.1 Å². The summed E-state index contributed by atoms with van der Waals surface area (Å²) in [5.41, 5.74) is 1.33. The van der Waals surface area contributed by atoms with Gasteiger partial charge in [0.25, 0.3) is 11.7 Å². The van der Waals surface area contributed by atoms with Crippen molar-refractivity contribution in [2.75, 3.05) is 0 Å². The number of phenolic OH excluding ortho intramolecular Hbond substituents is 1. The predicted octanol–water partition coefficient (Wildman–Crippen LogP) is 5.84. The number of hydrogen-bond donors (Lipinski definition) is 2. The van der Waals surface area contributed by atoms with Crippen LogP contribution in [-0.2, 0) is 16.1 Å². The van der Waals surface area contributed by atoms with Gasteiger partial charge in [0.2, 0.25) is 0 Å². The van der Waals surface area contributed by atoms with Crippen molar-refractivity contribution in [2.45, 2.75) is 39.0 Å². The number of hydrogen-bond acceptors (Lipinski definition) is 5. The molecule has 1 saturated heterocycles. The molecule has 0 aliphatic carbocycles. The highest BCUT2D eigenvalue weighted by Gasteiger charge is 2.46. The second-order valence-electron chi connectivity index (χ2n) is 9.39. The average molecular weight is 492 g/mol. The van der Waals surface area contributed by atoms with Crippen molar-refractivity contribution < 1.29 is 24.5 Å². The number of Topliss-reactive ketones (excluding diaryl/α,β-unsaturated/α-hetero) is 1. The SMILES string of the molecule is CC(C)(C)Oc1ccc(CN2C(=O)C(=O)/C(=C(\O)c3cccc(Cl)c3)C2c2ccc(O)cc2)cc1. The number of carbonyl (C=O) groups excluding carboxylic acids is 2. The molecule has 2 N–H and O–H groups in total. The Kier molecular flexibility index (Phi) is 6.59. The fourth-order valence-electron chi connectivity index (χ4n) is 4.05. The third kappa shape index (κ3) is 5.33. The molecule has 0 saturated carbocycles. The number of likely N-dealkylation sites (tertiary alicyclic amines) is 1. The van der Waals surface area contributed by atoms with Crippen LogP contribution >= 0.6 is 11.6 Å². The van der Waals surface area contributed by atoms with Crippen LogP contribution in [0.3, 0.4) is 0 Å². The van der Waals surface area contributed by atoms with Crippen molar-refractivity contribution in [3.8, 4) is 11.5 Å². The maximum Gasteiger partial charge on any atom is 0.295 e. The molecule has 4 rings (SSSR count). The Balaban J connectivity index is 1.76. The van der Waals surface area contributed by atoms with Crippen LogP contribution < -0.4 is 4.74 Å². The number of aliphatic hydroxyl groups is 1. The molecule has 3 aromatic rings. The van der Waals surface area contributed by atoms with Gasteiger partial charge >= 0.3 is 0 Å². The summed E-state index contributed by atoms with van der Waals surface area (Å²) in [6.07, 6.45) is 0. The van der Waals surface area contributed by atoms with E-state index in [2.05, 4.69) is 0 Å². The molecular formula is C28H26ClNO5. The van der Waals surface area contributed by atoms with E-state index in [1.807, 2.05) is 45.0 Å². The molecule has 180 valence electrons. The van der Waals surface area contributed by atoms with E-state index in [0.717, 1.165) is 5.56 Å². The number of carbonyl (C=O) groups is 2.